The summed E-state index contributed by atoms with van der Waals surface area (Å²) in [5, 5.41) is 0. The molecule has 0 aliphatic heterocycles. The van der Waals surface area contributed by atoms with Gasteiger partial charge >= 0.3 is 0 Å². The molecule has 1 radical (unpaired) electrons. The van der Waals surface area contributed by atoms with Crippen molar-refractivity contribution in [3.8, 4) is 11.4 Å². The number of methoxy groups -OCH3 is 1. The van der Waals surface area contributed by atoms with Gasteiger partial charge in [-0.15, -0.1) is 0 Å². The zero-order chi connectivity index (χ0) is 9.10. The summed E-state index contributed by atoms with van der Waals surface area (Å²) in [6.45, 7) is 0. The van der Waals surface area contributed by atoms with Gasteiger partial charge in [-0.2, -0.15) is 0 Å². The molecule has 2 aromatic rings. The van der Waals surface area contributed by atoms with E-state index in [1.165, 1.54) is 0 Å². The normalized spacial score (nSPS) is 9.92. The molecule has 0 atom stereocenters. The van der Waals surface area contributed by atoms with E-state index in [2.05, 4.69) is 6.07 Å². The van der Waals surface area contributed by atoms with Gasteiger partial charge in [0.2, 0.25) is 0 Å². The van der Waals surface area contributed by atoms with Gasteiger partial charge in [0.1, 0.15) is 5.75 Å². The van der Waals surface area contributed by atoms with Gasteiger partial charge in [-0.25, -0.2) is 0 Å². The van der Waals surface area contributed by atoms with E-state index in [1.54, 1.807) is 7.11 Å². The van der Waals surface area contributed by atoms with Crippen LogP contribution in [-0.2, 0) is 0 Å². The first kappa shape index (κ1) is 7.92. The first-order valence-corrected chi connectivity index (χ1v) is 4.09. The molecule has 0 fully saturated rings. The highest BCUT2D eigenvalue weighted by Crippen LogP contribution is 2.15. The second kappa shape index (κ2) is 3.35. The van der Waals surface area contributed by atoms with Crippen molar-refractivity contribution in [1.29, 1.82) is 0 Å². The van der Waals surface area contributed by atoms with E-state index in [-0.39, 0.29) is 0 Å². The van der Waals surface area contributed by atoms with Crippen LogP contribution in [0.1, 0.15) is 0 Å². The van der Waals surface area contributed by atoms with E-state index >= 15 is 0 Å². The average molecular weight is 172 g/mol. The number of hydrogen-bond acceptors (Lipinski definition) is 1. The molecule has 1 aromatic carbocycles. The summed E-state index contributed by atoms with van der Waals surface area (Å²) in [6.07, 6.45) is 3.99. The summed E-state index contributed by atoms with van der Waals surface area (Å²) in [6, 6.07) is 12.8. The van der Waals surface area contributed by atoms with Crippen molar-refractivity contribution in [3.63, 3.8) is 0 Å². The molecule has 0 bridgehead atoms. The highest BCUT2D eigenvalue weighted by Gasteiger charge is 1.96. The number of nitrogens with zero attached hydrogens (tertiary/aromatic N) is 1. The second-order valence-corrected chi connectivity index (χ2v) is 2.71. The Kier molecular flexibility index (Phi) is 2.04. The minimum absolute atomic E-state index is 0.756. The van der Waals surface area contributed by atoms with E-state index in [0.29, 0.717) is 0 Å². The predicted octanol–water partition coefficient (Wildman–Crippen LogP) is 2.29. The first-order chi connectivity index (χ1) is 6.40. The molecule has 0 saturated heterocycles. The third-order valence-corrected chi connectivity index (χ3v) is 1.88. The lowest BCUT2D eigenvalue weighted by molar-refractivity contribution is 0.413. The van der Waals surface area contributed by atoms with Crippen LogP contribution in [0.25, 0.3) is 5.69 Å². The third kappa shape index (κ3) is 1.56. The number of rotatable bonds is 2. The Labute approximate surface area is 77.4 Å². The fraction of sp³-hybridized carbons (Fsp3) is 0.0909. The minimum Gasteiger partial charge on any atom is -0.496 e. The van der Waals surface area contributed by atoms with Crippen molar-refractivity contribution in [3.05, 3.63) is 48.8 Å². The Bertz CT molecular complexity index is 379. The van der Waals surface area contributed by atoms with Crippen molar-refractivity contribution in [2.24, 2.45) is 0 Å². The maximum absolute atomic E-state index is 5.08. The van der Waals surface area contributed by atoms with Gasteiger partial charge < -0.3 is 9.30 Å². The van der Waals surface area contributed by atoms with Gasteiger partial charge in [0.05, 0.1) is 7.11 Å². The van der Waals surface area contributed by atoms with Gasteiger partial charge in [0.15, 0.2) is 0 Å². The Balaban J connectivity index is 2.41. The molecule has 0 saturated carbocycles. The SMILES string of the molecule is COc1[c]ccc(-n2cccc2)c1. The fourth-order valence-electron chi connectivity index (χ4n) is 1.22. The van der Waals surface area contributed by atoms with Crippen LogP contribution >= 0.6 is 0 Å². The smallest absolute Gasteiger partial charge is 0.128 e. The molecule has 2 nitrogen and oxygen atoms in total. The number of hydrogen-bond donors (Lipinski definition) is 0. The Hall–Kier alpha value is -1.70. The maximum atomic E-state index is 5.08. The number of benzene rings is 1. The standard InChI is InChI=1S/C11H10NO/c1-13-11-6-4-5-10(9-11)12-7-2-3-8-12/h2-5,7-9H,1H3. The average Bonchev–Trinajstić information content (AvgIpc) is 2.71. The van der Waals surface area contributed by atoms with Crippen LogP contribution < -0.4 is 4.74 Å². The van der Waals surface area contributed by atoms with Crippen molar-refractivity contribution in [2.75, 3.05) is 7.11 Å². The van der Waals surface area contributed by atoms with Crippen LogP contribution in [0.3, 0.4) is 0 Å². The lowest BCUT2D eigenvalue weighted by Gasteiger charge is -2.04. The van der Waals surface area contributed by atoms with Crippen LogP contribution in [0.5, 0.6) is 5.75 Å². The zero-order valence-corrected chi connectivity index (χ0v) is 7.40. The molecule has 0 aliphatic rings. The van der Waals surface area contributed by atoms with E-state index < -0.39 is 0 Å². The monoisotopic (exact) mass is 172 g/mol. The summed E-state index contributed by atoms with van der Waals surface area (Å²) < 4.78 is 7.11. The van der Waals surface area contributed by atoms with E-state index in [4.69, 9.17) is 4.74 Å². The molecule has 2 heteroatoms. The fourth-order valence-corrected chi connectivity index (χ4v) is 1.22. The summed E-state index contributed by atoms with van der Waals surface area (Å²) in [7, 11) is 1.64. The molecule has 0 spiro atoms. The summed E-state index contributed by atoms with van der Waals surface area (Å²) >= 11 is 0. The molecule has 0 unspecified atom stereocenters. The Morgan fingerprint density at radius 1 is 1.31 bits per heavy atom. The van der Waals surface area contributed by atoms with Crippen molar-refractivity contribution in [2.45, 2.75) is 0 Å². The van der Waals surface area contributed by atoms with E-state index in [1.807, 2.05) is 47.3 Å². The molecule has 1 heterocycles. The highest BCUT2D eigenvalue weighted by atomic mass is 16.5. The summed E-state index contributed by atoms with van der Waals surface area (Å²) in [4.78, 5) is 0. The Morgan fingerprint density at radius 2 is 2.08 bits per heavy atom. The van der Waals surface area contributed by atoms with E-state index in [9.17, 15) is 0 Å². The molecule has 65 valence electrons. The molecule has 1 aromatic heterocycles. The van der Waals surface area contributed by atoms with Crippen LogP contribution in [-0.4, -0.2) is 11.7 Å². The molecule has 0 amide bonds. The summed E-state index contributed by atoms with van der Waals surface area (Å²) in [5.41, 5.74) is 1.08. The number of aromatic nitrogens is 1. The van der Waals surface area contributed by atoms with Gasteiger partial charge in [-0.05, 0) is 24.3 Å². The quantitative estimate of drug-likeness (QED) is 0.677. The van der Waals surface area contributed by atoms with Gasteiger partial charge in [0, 0.05) is 30.2 Å². The molecular formula is C11H10NO. The molecular weight excluding hydrogens is 162 g/mol. The van der Waals surface area contributed by atoms with Crippen molar-refractivity contribution in [1.82, 2.24) is 4.57 Å². The topological polar surface area (TPSA) is 14.2 Å². The van der Waals surface area contributed by atoms with Crippen molar-refractivity contribution >= 4 is 0 Å². The molecule has 0 N–H and O–H groups in total. The van der Waals surface area contributed by atoms with Crippen LogP contribution in [0.4, 0.5) is 0 Å². The zero-order valence-electron chi connectivity index (χ0n) is 7.40. The van der Waals surface area contributed by atoms with Crippen LogP contribution in [0, 0.1) is 6.07 Å². The number of ether oxygens (including phenoxy) is 1. The van der Waals surface area contributed by atoms with Gasteiger partial charge in [-0.3, -0.25) is 0 Å². The lowest BCUT2D eigenvalue weighted by Crippen LogP contribution is -1.90. The maximum Gasteiger partial charge on any atom is 0.128 e. The third-order valence-electron chi connectivity index (χ3n) is 1.88. The largest absolute Gasteiger partial charge is 0.496 e. The van der Waals surface area contributed by atoms with Gasteiger partial charge in [-0.1, -0.05) is 0 Å². The first-order valence-electron chi connectivity index (χ1n) is 4.09. The Morgan fingerprint density at radius 3 is 2.77 bits per heavy atom. The van der Waals surface area contributed by atoms with Crippen LogP contribution in [0.15, 0.2) is 42.7 Å². The summed E-state index contributed by atoms with van der Waals surface area (Å²) in [5.74, 6) is 0.756. The molecule has 13 heavy (non-hydrogen) atoms. The van der Waals surface area contributed by atoms with Crippen LogP contribution in [0.2, 0.25) is 0 Å². The predicted molar refractivity (Wildman–Crippen MR) is 51.2 cm³/mol. The second-order valence-electron chi connectivity index (χ2n) is 2.71. The van der Waals surface area contributed by atoms with Gasteiger partial charge in [0.25, 0.3) is 0 Å². The van der Waals surface area contributed by atoms with E-state index in [0.717, 1.165) is 11.4 Å². The highest BCUT2D eigenvalue weighted by molar-refractivity contribution is 5.38. The molecule has 0 aliphatic carbocycles. The minimum atomic E-state index is 0.756. The van der Waals surface area contributed by atoms with Crippen molar-refractivity contribution < 1.29 is 4.74 Å². The lowest BCUT2D eigenvalue weighted by atomic mass is 10.3. The molecule has 2 rings (SSSR count).